The third-order valence-electron chi connectivity index (χ3n) is 6.80. The summed E-state index contributed by atoms with van der Waals surface area (Å²) in [5.74, 6) is 0.532. The Labute approximate surface area is 209 Å². The van der Waals surface area contributed by atoms with Crippen LogP contribution in [-0.2, 0) is 9.59 Å². The zero-order valence-corrected chi connectivity index (χ0v) is 21.4. The number of rotatable bonds is 11. The largest absolute Gasteiger partial charge is 0.490 e. The molecule has 2 amide bonds. The lowest BCUT2D eigenvalue weighted by molar-refractivity contribution is -0.143. The minimum atomic E-state index is -0.461. The van der Waals surface area contributed by atoms with Crippen LogP contribution in [-0.4, -0.2) is 36.0 Å². The van der Waals surface area contributed by atoms with Gasteiger partial charge >= 0.3 is 0 Å². The lowest BCUT2D eigenvalue weighted by atomic mass is 9.88. The van der Waals surface area contributed by atoms with E-state index in [1.807, 2.05) is 31.2 Å². The number of carbonyl (C=O) groups is 2. The van der Waals surface area contributed by atoms with E-state index >= 15 is 0 Å². The summed E-state index contributed by atoms with van der Waals surface area (Å²) in [6, 6.07) is 7.51. The topological polar surface area (TPSA) is 79.6 Å². The number of amides is 2. The van der Waals surface area contributed by atoms with Gasteiger partial charge in [0.2, 0.25) is 0 Å². The molecule has 2 aliphatic rings. The Morgan fingerprint density at radius 3 is 2.43 bits per heavy atom. The van der Waals surface area contributed by atoms with Crippen molar-refractivity contribution < 1.29 is 19.1 Å². The maximum atomic E-state index is 13.5. The summed E-state index contributed by atoms with van der Waals surface area (Å²) in [7, 11) is 0. The highest BCUT2D eigenvalue weighted by Gasteiger charge is 2.39. The van der Waals surface area contributed by atoms with Crippen molar-refractivity contribution in [2.24, 2.45) is 0 Å². The quantitative estimate of drug-likeness (QED) is 0.210. The molecular weight excluding hydrogens is 440 g/mol. The van der Waals surface area contributed by atoms with Crippen molar-refractivity contribution in [1.82, 2.24) is 4.90 Å². The Balaban J connectivity index is 1.85. The minimum Gasteiger partial charge on any atom is -0.490 e. The average molecular weight is 479 g/mol. The number of nitrogens with zero attached hydrogens (tertiary/aromatic N) is 2. The smallest absolute Gasteiger partial charge is 0.271 e. The maximum Gasteiger partial charge on any atom is 0.271 e. The van der Waals surface area contributed by atoms with Gasteiger partial charge in [-0.15, -0.1) is 0 Å². The molecule has 0 spiro atoms. The number of unbranched alkanes of at least 4 members (excludes halogenated alkanes) is 4. The molecule has 0 bridgehead atoms. The molecule has 1 heterocycles. The molecule has 6 nitrogen and oxygen atoms in total. The summed E-state index contributed by atoms with van der Waals surface area (Å²) in [4.78, 5) is 27.8. The van der Waals surface area contributed by atoms with Crippen LogP contribution in [0.1, 0.15) is 90.5 Å². The van der Waals surface area contributed by atoms with Crippen molar-refractivity contribution >= 4 is 17.9 Å². The minimum absolute atomic E-state index is 0.0504. The fourth-order valence-electron chi connectivity index (χ4n) is 4.83. The summed E-state index contributed by atoms with van der Waals surface area (Å²) >= 11 is 0. The maximum absolute atomic E-state index is 13.5. The second-order valence-electron chi connectivity index (χ2n) is 9.34. The summed E-state index contributed by atoms with van der Waals surface area (Å²) in [6.07, 6.45) is 12.3. The van der Waals surface area contributed by atoms with Gasteiger partial charge in [-0.05, 0) is 62.5 Å². The van der Waals surface area contributed by atoms with Crippen LogP contribution < -0.4 is 9.47 Å². The number of benzene rings is 1. The van der Waals surface area contributed by atoms with Gasteiger partial charge in [0, 0.05) is 11.6 Å². The van der Waals surface area contributed by atoms with Crippen molar-refractivity contribution in [3.63, 3.8) is 0 Å². The van der Waals surface area contributed by atoms with Gasteiger partial charge in [-0.2, -0.15) is 5.26 Å². The van der Waals surface area contributed by atoms with Crippen LogP contribution in [0.5, 0.6) is 11.5 Å². The van der Waals surface area contributed by atoms with E-state index in [1.165, 1.54) is 24.2 Å². The fraction of sp³-hybridized carbons (Fsp3) is 0.552. The van der Waals surface area contributed by atoms with E-state index in [0.29, 0.717) is 35.9 Å². The zero-order valence-electron chi connectivity index (χ0n) is 21.4. The predicted octanol–water partition coefficient (Wildman–Crippen LogP) is 6.36. The molecule has 1 aromatic carbocycles. The lowest BCUT2D eigenvalue weighted by Gasteiger charge is -2.36. The molecule has 1 aliphatic carbocycles. The number of hydrogen-bond acceptors (Lipinski definition) is 5. The van der Waals surface area contributed by atoms with Crippen LogP contribution in [0.25, 0.3) is 6.08 Å². The van der Waals surface area contributed by atoms with Gasteiger partial charge in [0.15, 0.2) is 11.5 Å². The van der Waals surface area contributed by atoms with Gasteiger partial charge in [-0.3, -0.25) is 14.5 Å². The molecule has 6 heteroatoms. The summed E-state index contributed by atoms with van der Waals surface area (Å²) < 4.78 is 11.8. The van der Waals surface area contributed by atoms with Crippen LogP contribution in [0.15, 0.2) is 34.9 Å². The molecule has 3 rings (SSSR count). The van der Waals surface area contributed by atoms with E-state index in [1.54, 1.807) is 13.0 Å². The standard InChI is InChI=1S/C29H38N2O4/c1-4-6-7-8-12-17-35-26-16-15-22(19-27(26)34-5-2)18-24-21(3)25(20-30)29(33)31(28(24)32)23-13-10-9-11-14-23/h15-16,18-19,23H,4-14,17H2,1-3H3/b24-18+. The second-order valence-corrected chi connectivity index (χ2v) is 9.34. The normalized spacial score (nSPS) is 18.2. The molecule has 1 aromatic rings. The highest BCUT2D eigenvalue weighted by molar-refractivity contribution is 6.19. The van der Waals surface area contributed by atoms with Crippen LogP contribution in [0.2, 0.25) is 0 Å². The molecule has 0 unspecified atom stereocenters. The van der Waals surface area contributed by atoms with Gasteiger partial charge in [0.1, 0.15) is 11.6 Å². The van der Waals surface area contributed by atoms with Crippen molar-refractivity contribution in [2.75, 3.05) is 13.2 Å². The summed E-state index contributed by atoms with van der Waals surface area (Å²) in [5.41, 5.74) is 1.63. The van der Waals surface area contributed by atoms with Crippen molar-refractivity contribution in [1.29, 1.82) is 5.26 Å². The van der Waals surface area contributed by atoms with Gasteiger partial charge in [0.25, 0.3) is 11.8 Å². The first-order valence-electron chi connectivity index (χ1n) is 13.1. The van der Waals surface area contributed by atoms with Crippen molar-refractivity contribution in [2.45, 2.75) is 91.0 Å². The van der Waals surface area contributed by atoms with Crippen LogP contribution >= 0.6 is 0 Å². The predicted molar refractivity (Wildman–Crippen MR) is 137 cm³/mol. The van der Waals surface area contributed by atoms with Crippen LogP contribution in [0, 0.1) is 11.3 Å². The van der Waals surface area contributed by atoms with Gasteiger partial charge in [-0.1, -0.05) is 57.9 Å². The van der Waals surface area contributed by atoms with Gasteiger partial charge < -0.3 is 9.47 Å². The molecule has 0 saturated heterocycles. The molecular formula is C29H38N2O4. The molecule has 0 N–H and O–H groups in total. The first-order chi connectivity index (χ1) is 17.0. The first-order valence-corrected chi connectivity index (χ1v) is 13.1. The Morgan fingerprint density at radius 2 is 1.74 bits per heavy atom. The van der Waals surface area contributed by atoms with Crippen molar-refractivity contribution in [3.8, 4) is 17.6 Å². The van der Waals surface area contributed by atoms with E-state index in [9.17, 15) is 14.9 Å². The van der Waals surface area contributed by atoms with E-state index in [2.05, 4.69) is 6.92 Å². The monoisotopic (exact) mass is 478 g/mol. The molecule has 35 heavy (non-hydrogen) atoms. The summed E-state index contributed by atoms with van der Waals surface area (Å²) in [6.45, 7) is 6.93. The van der Waals surface area contributed by atoms with Crippen molar-refractivity contribution in [3.05, 3.63) is 40.5 Å². The molecule has 0 aromatic heterocycles. The van der Waals surface area contributed by atoms with E-state index in [4.69, 9.17) is 9.47 Å². The third-order valence-corrected chi connectivity index (χ3v) is 6.80. The summed E-state index contributed by atoms with van der Waals surface area (Å²) in [5, 5.41) is 9.69. The van der Waals surface area contributed by atoms with E-state index in [-0.39, 0.29) is 17.5 Å². The van der Waals surface area contributed by atoms with Gasteiger partial charge in [0.05, 0.1) is 13.2 Å². The fourth-order valence-corrected chi connectivity index (χ4v) is 4.83. The number of imide groups is 1. The molecule has 0 radical (unpaired) electrons. The second kappa shape index (κ2) is 13.1. The zero-order chi connectivity index (χ0) is 25.2. The van der Waals surface area contributed by atoms with E-state index in [0.717, 1.165) is 50.5 Å². The number of carbonyl (C=O) groups excluding carboxylic acids is 2. The third kappa shape index (κ3) is 6.54. The van der Waals surface area contributed by atoms with Gasteiger partial charge in [-0.25, -0.2) is 0 Å². The Hall–Kier alpha value is -3.07. The molecule has 188 valence electrons. The molecule has 1 saturated carbocycles. The molecule has 1 fully saturated rings. The molecule has 0 atom stereocenters. The number of hydrogen-bond donors (Lipinski definition) is 0. The average Bonchev–Trinajstić information content (AvgIpc) is 2.86. The van der Waals surface area contributed by atoms with Crippen LogP contribution in [0.3, 0.4) is 0 Å². The lowest BCUT2D eigenvalue weighted by Crippen LogP contribution is -2.49. The SMILES string of the molecule is CCCCCCCOc1ccc(/C=C2/C(=O)N(C3CCCCC3)C(=O)C(C#N)=C2C)cc1OCC. The Bertz CT molecular complexity index is 1010. The molecule has 1 aliphatic heterocycles. The van der Waals surface area contributed by atoms with Crippen LogP contribution in [0.4, 0.5) is 0 Å². The van der Waals surface area contributed by atoms with E-state index < -0.39 is 5.91 Å². The number of ether oxygens (including phenoxy) is 2. The highest BCUT2D eigenvalue weighted by atomic mass is 16.5. The highest BCUT2D eigenvalue weighted by Crippen LogP contribution is 2.34. The Morgan fingerprint density at radius 1 is 1.00 bits per heavy atom. The Kier molecular flexibility index (Phi) is 9.96. The first kappa shape index (κ1) is 26.5. The number of nitriles is 1.